The summed E-state index contributed by atoms with van der Waals surface area (Å²) >= 11 is 11.9. The number of rotatable bonds is 4. The molecule has 20 heavy (non-hydrogen) atoms. The second-order valence-corrected chi connectivity index (χ2v) is 5.31. The molecule has 0 aliphatic rings. The Bertz CT molecular complexity index is 617. The Morgan fingerprint density at radius 3 is 2.45 bits per heavy atom. The maximum Gasteiger partial charge on any atom is 0.159 e. The van der Waals surface area contributed by atoms with Crippen LogP contribution in [0.15, 0.2) is 36.4 Å². The van der Waals surface area contributed by atoms with E-state index < -0.39 is 17.7 Å². The molecule has 0 spiro atoms. The molecule has 0 radical (unpaired) electrons. The van der Waals surface area contributed by atoms with Crippen LogP contribution in [-0.2, 0) is 12.8 Å². The third kappa shape index (κ3) is 3.69. The summed E-state index contributed by atoms with van der Waals surface area (Å²) in [6.45, 7) is 0. The van der Waals surface area contributed by atoms with E-state index in [1.54, 1.807) is 18.2 Å². The zero-order valence-electron chi connectivity index (χ0n) is 10.4. The average molecular weight is 317 g/mol. The second-order valence-electron chi connectivity index (χ2n) is 4.52. The monoisotopic (exact) mass is 316 g/mol. The van der Waals surface area contributed by atoms with E-state index in [4.69, 9.17) is 23.2 Å². The van der Waals surface area contributed by atoms with Crippen LogP contribution in [0, 0.1) is 11.6 Å². The van der Waals surface area contributed by atoms with Crippen LogP contribution in [0.5, 0.6) is 0 Å². The van der Waals surface area contributed by atoms with Gasteiger partial charge in [0.25, 0.3) is 0 Å². The number of hydrogen-bond donors (Lipinski definition) is 1. The summed E-state index contributed by atoms with van der Waals surface area (Å²) in [5, 5.41) is 10.8. The Balaban J connectivity index is 2.07. The van der Waals surface area contributed by atoms with Crippen LogP contribution in [0.2, 0.25) is 10.0 Å². The molecule has 1 nitrogen and oxygen atoms in total. The van der Waals surface area contributed by atoms with Crippen LogP contribution >= 0.6 is 23.2 Å². The molecule has 0 amide bonds. The molecule has 0 saturated carbocycles. The van der Waals surface area contributed by atoms with Crippen molar-refractivity contribution in [3.8, 4) is 0 Å². The fourth-order valence-corrected chi connectivity index (χ4v) is 2.37. The fourth-order valence-electron chi connectivity index (χ4n) is 1.97. The van der Waals surface area contributed by atoms with Crippen molar-refractivity contribution in [2.45, 2.75) is 18.9 Å². The quantitative estimate of drug-likeness (QED) is 0.885. The van der Waals surface area contributed by atoms with Gasteiger partial charge in [-0.1, -0.05) is 41.4 Å². The van der Waals surface area contributed by atoms with Crippen molar-refractivity contribution in [1.29, 1.82) is 0 Å². The molecule has 5 heteroatoms. The van der Waals surface area contributed by atoms with Crippen molar-refractivity contribution in [3.05, 3.63) is 69.2 Å². The van der Waals surface area contributed by atoms with E-state index in [0.29, 0.717) is 27.6 Å². The van der Waals surface area contributed by atoms with Crippen molar-refractivity contribution in [3.63, 3.8) is 0 Å². The smallest absolute Gasteiger partial charge is 0.159 e. The lowest BCUT2D eigenvalue weighted by Gasteiger charge is -2.12. The number of halogens is 4. The van der Waals surface area contributed by atoms with Crippen molar-refractivity contribution in [1.82, 2.24) is 0 Å². The minimum atomic E-state index is -0.921. The fraction of sp³-hybridized carbons (Fsp3) is 0.200. The minimum absolute atomic E-state index is 0.208. The first-order valence-corrected chi connectivity index (χ1v) is 6.78. The first-order valence-electron chi connectivity index (χ1n) is 6.02. The van der Waals surface area contributed by atoms with E-state index in [2.05, 4.69) is 0 Å². The van der Waals surface area contributed by atoms with Crippen LogP contribution in [0.1, 0.15) is 11.1 Å². The van der Waals surface area contributed by atoms with Gasteiger partial charge in [0.2, 0.25) is 0 Å². The molecule has 2 aromatic rings. The molecule has 2 rings (SSSR count). The lowest BCUT2D eigenvalue weighted by Crippen LogP contribution is -2.14. The van der Waals surface area contributed by atoms with E-state index in [0.717, 1.165) is 12.1 Å². The highest BCUT2D eigenvalue weighted by Crippen LogP contribution is 2.26. The van der Waals surface area contributed by atoms with Crippen LogP contribution < -0.4 is 0 Å². The molecule has 106 valence electrons. The Hall–Kier alpha value is -1.16. The van der Waals surface area contributed by atoms with Crippen LogP contribution in [-0.4, -0.2) is 11.2 Å². The van der Waals surface area contributed by atoms with Gasteiger partial charge in [-0.25, -0.2) is 8.78 Å². The van der Waals surface area contributed by atoms with Gasteiger partial charge in [-0.2, -0.15) is 0 Å². The van der Waals surface area contributed by atoms with Crippen LogP contribution in [0.4, 0.5) is 8.78 Å². The SMILES string of the molecule is OC(Cc1ccc(F)c(F)c1)Cc1cccc(Cl)c1Cl. The van der Waals surface area contributed by atoms with E-state index in [-0.39, 0.29) is 6.42 Å². The molecule has 1 unspecified atom stereocenters. The minimum Gasteiger partial charge on any atom is -0.392 e. The highest BCUT2D eigenvalue weighted by atomic mass is 35.5. The highest BCUT2D eigenvalue weighted by molar-refractivity contribution is 6.42. The molecule has 1 atom stereocenters. The Labute approximate surface area is 125 Å². The Morgan fingerprint density at radius 2 is 1.75 bits per heavy atom. The second kappa shape index (κ2) is 6.53. The molecule has 0 heterocycles. The van der Waals surface area contributed by atoms with Gasteiger partial charge in [-0.15, -0.1) is 0 Å². The Kier molecular flexibility index (Phi) is 4.97. The first-order chi connectivity index (χ1) is 9.47. The van der Waals surface area contributed by atoms with E-state index in [1.165, 1.54) is 6.07 Å². The summed E-state index contributed by atoms with van der Waals surface area (Å²) in [6, 6.07) is 8.74. The lowest BCUT2D eigenvalue weighted by molar-refractivity contribution is 0.175. The Morgan fingerprint density at radius 1 is 1.00 bits per heavy atom. The summed E-state index contributed by atoms with van der Waals surface area (Å²) < 4.78 is 25.9. The summed E-state index contributed by atoms with van der Waals surface area (Å²) in [5.41, 5.74) is 1.24. The first kappa shape index (κ1) is 15.2. The predicted octanol–water partition coefficient (Wildman–Crippen LogP) is 4.42. The third-order valence-corrected chi connectivity index (χ3v) is 3.80. The highest BCUT2D eigenvalue weighted by Gasteiger charge is 2.12. The van der Waals surface area contributed by atoms with Crippen molar-refractivity contribution in [2.75, 3.05) is 0 Å². The number of benzene rings is 2. The molecule has 0 aliphatic heterocycles. The largest absolute Gasteiger partial charge is 0.392 e. The summed E-state index contributed by atoms with van der Waals surface area (Å²) in [4.78, 5) is 0. The van der Waals surface area contributed by atoms with Gasteiger partial charge in [-0.3, -0.25) is 0 Å². The molecular weight excluding hydrogens is 305 g/mol. The van der Waals surface area contributed by atoms with E-state index in [1.807, 2.05) is 0 Å². The molecule has 0 bridgehead atoms. The predicted molar refractivity (Wildman–Crippen MR) is 76.2 cm³/mol. The molecule has 1 N–H and O–H groups in total. The topological polar surface area (TPSA) is 20.2 Å². The van der Waals surface area contributed by atoms with Gasteiger partial charge in [0.1, 0.15) is 0 Å². The number of aliphatic hydroxyl groups is 1. The lowest BCUT2D eigenvalue weighted by atomic mass is 10.0. The maximum atomic E-state index is 13.1. The van der Waals surface area contributed by atoms with Crippen LogP contribution in [0.3, 0.4) is 0 Å². The van der Waals surface area contributed by atoms with Gasteiger partial charge in [0.05, 0.1) is 16.1 Å². The van der Waals surface area contributed by atoms with Crippen molar-refractivity contribution >= 4 is 23.2 Å². The number of aliphatic hydroxyl groups excluding tert-OH is 1. The zero-order valence-corrected chi connectivity index (χ0v) is 11.9. The molecule has 0 aliphatic carbocycles. The normalized spacial score (nSPS) is 12.4. The van der Waals surface area contributed by atoms with Gasteiger partial charge in [0.15, 0.2) is 11.6 Å². The summed E-state index contributed by atoms with van der Waals surface area (Å²) in [6.07, 6.45) is -0.255. The van der Waals surface area contributed by atoms with Gasteiger partial charge < -0.3 is 5.11 Å². The standard InChI is InChI=1S/C15H12Cl2F2O/c16-12-3-1-2-10(15(12)17)8-11(20)6-9-4-5-13(18)14(19)7-9/h1-5,7,11,20H,6,8H2. The summed E-state index contributed by atoms with van der Waals surface area (Å²) in [5.74, 6) is -1.82. The third-order valence-electron chi connectivity index (χ3n) is 2.94. The van der Waals surface area contributed by atoms with Crippen molar-refractivity contribution < 1.29 is 13.9 Å². The van der Waals surface area contributed by atoms with Gasteiger partial charge in [-0.05, 0) is 35.7 Å². The molecule has 0 aromatic heterocycles. The average Bonchev–Trinajstić information content (AvgIpc) is 2.39. The molecule has 0 fully saturated rings. The molecular formula is C15H12Cl2F2O. The molecule has 0 saturated heterocycles. The maximum absolute atomic E-state index is 13.1. The van der Waals surface area contributed by atoms with Crippen LogP contribution in [0.25, 0.3) is 0 Å². The van der Waals surface area contributed by atoms with Crippen molar-refractivity contribution in [2.24, 2.45) is 0 Å². The van der Waals surface area contributed by atoms with E-state index in [9.17, 15) is 13.9 Å². The number of hydrogen-bond acceptors (Lipinski definition) is 1. The van der Waals surface area contributed by atoms with Gasteiger partial charge in [0, 0.05) is 6.42 Å². The summed E-state index contributed by atoms with van der Waals surface area (Å²) in [7, 11) is 0. The zero-order chi connectivity index (χ0) is 14.7. The molecule has 2 aromatic carbocycles. The van der Waals surface area contributed by atoms with E-state index >= 15 is 0 Å². The van der Waals surface area contributed by atoms with Gasteiger partial charge >= 0.3 is 0 Å².